The van der Waals surface area contributed by atoms with E-state index in [9.17, 15) is 9.59 Å². The number of esters is 2. The minimum atomic E-state index is -1.68. The normalized spacial score (nSPS) is 17.2. The number of amidine groups is 1. The molecule has 1 aromatic carbocycles. The molecule has 1 aromatic heterocycles. The van der Waals surface area contributed by atoms with E-state index in [1.165, 1.54) is 26.4 Å². The number of carbonyl (C=O) groups excluding carboxylic acids is 2. The Labute approximate surface area is 148 Å². The summed E-state index contributed by atoms with van der Waals surface area (Å²) in [5, 5.41) is 0. The third kappa shape index (κ3) is 2.26. The number of ether oxygens (including phenoxy) is 2. The molecule has 2 heterocycles. The van der Waals surface area contributed by atoms with E-state index in [-0.39, 0.29) is 0 Å². The third-order valence-electron chi connectivity index (χ3n) is 4.23. The number of aromatic amines is 1. The Morgan fingerprint density at radius 2 is 1.81 bits per heavy atom. The first-order valence-electron chi connectivity index (χ1n) is 7.79. The lowest BCUT2D eigenvalue weighted by molar-refractivity contribution is -0.161. The van der Waals surface area contributed by atoms with Crippen molar-refractivity contribution in [2.24, 2.45) is 15.4 Å². The molecule has 0 amide bonds. The molecular formula is C18H14N4O4. The van der Waals surface area contributed by atoms with Gasteiger partial charge in [-0.2, -0.15) is 0 Å². The van der Waals surface area contributed by atoms with Gasteiger partial charge in [0.1, 0.15) is 0 Å². The molecule has 1 aliphatic carbocycles. The maximum atomic E-state index is 12.2. The van der Waals surface area contributed by atoms with Crippen molar-refractivity contribution in [3.05, 3.63) is 54.0 Å². The number of imidazole rings is 1. The highest BCUT2D eigenvalue weighted by molar-refractivity contribution is 6.24. The quantitative estimate of drug-likeness (QED) is 0.668. The predicted molar refractivity (Wildman–Crippen MR) is 93.8 cm³/mol. The highest BCUT2D eigenvalue weighted by Gasteiger charge is 2.47. The average molecular weight is 350 g/mol. The van der Waals surface area contributed by atoms with E-state index in [1.807, 2.05) is 24.3 Å². The van der Waals surface area contributed by atoms with Crippen LogP contribution in [0.5, 0.6) is 0 Å². The second kappa shape index (κ2) is 5.76. The minimum absolute atomic E-state index is 0.373. The van der Waals surface area contributed by atoms with Gasteiger partial charge < -0.3 is 14.5 Å². The Morgan fingerprint density at radius 3 is 2.50 bits per heavy atom. The number of para-hydroxylation sites is 2. The second-order valence-corrected chi connectivity index (χ2v) is 5.75. The van der Waals surface area contributed by atoms with E-state index in [0.717, 1.165) is 11.0 Å². The Kier molecular flexibility index (Phi) is 3.54. The monoisotopic (exact) mass is 350 g/mol. The zero-order valence-electron chi connectivity index (χ0n) is 14.0. The molecule has 4 rings (SSSR count). The Bertz CT molecular complexity index is 1010. The average Bonchev–Trinajstić information content (AvgIpc) is 3.29. The van der Waals surface area contributed by atoms with Gasteiger partial charge in [-0.3, -0.25) is 9.59 Å². The maximum absolute atomic E-state index is 12.2. The van der Waals surface area contributed by atoms with Crippen molar-refractivity contribution in [2.45, 2.75) is 0 Å². The van der Waals surface area contributed by atoms with Crippen molar-refractivity contribution in [2.75, 3.05) is 14.2 Å². The van der Waals surface area contributed by atoms with E-state index in [4.69, 9.17) is 9.47 Å². The molecule has 1 aliphatic heterocycles. The van der Waals surface area contributed by atoms with Crippen molar-refractivity contribution in [1.82, 2.24) is 9.97 Å². The first-order valence-corrected chi connectivity index (χ1v) is 7.79. The van der Waals surface area contributed by atoms with Crippen LogP contribution in [0.1, 0.15) is 5.82 Å². The molecule has 8 nitrogen and oxygen atoms in total. The molecule has 130 valence electrons. The van der Waals surface area contributed by atoms with E-state index < -0.39 is 17.4 Å². The summed E-state index contributed by atoms with van der Waals surface area (Å²) >= 11 is 0. The molecule has 0 bridgehead atoms. The van der Waals surface area contributed by atoms with Crippen LogP contribution in [0.15, 0.2) is 58.2 Å². The van der Waals surface area contributed by atoms with Crippen molar-refractivity contribution in [1.29, 1.82) is 0 Å². The fraction of sp³-hybridized carbons (Fsp3) is 0.167. The molecule has 8 heteroatoms. The van der Waals surface area contributed by atoms with Crippen LogP contribution in [-0.2, 0) is 19.1 Å². The van der Waals surface area contributed by atoms with Crippen LogP contribution >= 0.6 is 0 Å². The number of hydrogen-bond acceptors (Lipinski definition) is 7. The third-order valence-corrected chi connectivity index (χ3v) is 4.23. The largest absolute Gasteiger partial charge is 0.468 e. The minimum Gasteiger partial charge on any atom is -0.468 e. The van der Waals surface area contributed by atoms with Crippen LogP contribution in [0, 0.1) is 5.41 Å². The fourth-order valence-corrected chi connectivity index (χ4v) is 2.91. The molecule has 0 saturated heterocycles. The first-order chi connectivity index (χ1) is 12.6. The topological polar surface area (TPSA) is 106 Å². The number of hydrogen-bond donors (Lipinski definition) is 1. The van der Waals surface area contributed by atoms with E-state index >= 15 is 0 Å². The SMILES string of the molecule is COC(=O)C1(C(=O)OC)C=CC2=NC(c3nc4ccccc4[nH]3)=NC2=C1. The summed E-state index contributed by atoms with van der Waals surface area (Å²) in [6.45, 7) is 0. The number of nitrogens with one attached hydrogen (secondary N) is 1. The van der Waals surface area contributed by atoms with Gasteiger partial charge in [0.15, 0.2) is 11.7 Å². The number of benzene rings is 1. The number of allylic oxidation sites excluding steroid dienone is 1. The van der Waals surface area contributed by atoms with Gasteiger partial charge in [0.25, 0.3) is 0 Å². The van der Waals surface area contributed by atoms with Gasteiger partial charge in [-0.25, -0.2) is 15.0 Å². The Hall–Kier alpha value is -3.55. The zero-order valence-corrected chi connectivity index (χ0v) is 14.0. The summed E-state index contributed by atoms with van der Waals surface area (Å²) < 4.78 is 9.55. The van der Waals surface area contributed by atoms with Crippen molar-refractivity contribution >= 4 is 34.5 Å². The molecule has 0 atom stereocenters. The van der Waals surface area contributed by atoms with Gasteiger partial charge >= 0.3 is 11.9 Å². The molecule has 0 spiro atoms. The van der Waals surface area contributed by atoms with Crippen LogP contribution in [0.2, 0.25) is 0 Å². The summed E-state index contributed by atoms with van der Waals surface area (Å²) in [6, 6.07) is 7.57. The van der Waals surface area contributed by atoms with Crippen LogP contribution in [0.4, 0.5) is 0 Å². The first kappa shape index (κ1) is 15.9. The summed E-state index contributed by atoms with van der Waals surface area (Å²) in [4.78, 5) is 40.9. The van der Waals surface area contributed by atoms with Crippen LogP contribution in [0.25, 0.3) is 11.0 Å². The Morgan fingerprint density at radius 1 is 1.08 bits per heavy atom. The van der Waals surface area contributed by atoms with Gasteiger partial charge in [0, 0.05) is 0 Å². The number of carbonyl (C=O) groups is 2. The van der Waals surface area contributed by atoms with E-state index in [2.05, 4.69) is 20.0 Å². The zero-order chi connectivity index (χ0) is 18.3. The number of H-pyrrole nitrogens is 1. The molecule has 0 radical (unpaired) electrons. The molecule has 2 aliphatic rings. The van der Waals surface area contributed by atoms with E-state index in [1.54, 1.807) is 6.08 Å². The van der Waals surface area contributed by atoms with Gasteiger partial charge in [-0.05, 0) is 30.4 Å². The second-order valence-electron chi connectivity index (χ2n) is 5.75. The lowest BCUT2D eigenvalue weighted by Gasteiger charge is -2.24. The molecule has 0 unspecified atom stereocenters. The van der Waals surface area contributed by atoms with E-state index in [0.29, 0.717) is 23.1 Å². The number of methoxy groups -OCH3 is 2. The fourth-order valence-electron chi connectivity index (χ4n) is 2.91. The number of nitrogens with zero attached hydrogens (tertiary/aromatic N) is 3. The van der Waals surface area contributed by atoms with Crippen molar-refractivity contribution in [3.8, 4) is 0 Å². The summed E-state index contributed by atoms with van der Waals surface area (Å²) in [7, 11) is 2.42. The van der Waals surface area contributed by atoms with Gasteiger partial charge in [0.2, 0.25) is 5.41 Å². The smallest absolute Gasteiger partial charge is 0.331 e. The number of aliphatic imine (C=N–C) groups is 2. The predicted octanol–water partition coefficient (Wildman–Crippen LogP) is 1.55. The highest BCUT2D eigenvalue weighted by Crippen LogP contribution is 2.33. The molecule has 1 N–H and O–H groups in total. The van der Waals surface area contributed by atoms with Gasteiger partial charge in [-0.1, -0.05) is 12.1 Å². The number of aromatic nitrogens is 2. The Balaban J connectivity index is 1.78. The molecule has 0 fully saturated rings. The maximum Gasteiger partial charge on any atom is 0.331 e. The number of fused-ring (bicyclic) bond motifs is 2. The molecule has 0 saturated carbocycles. The number of rotatable bonds is 3. The molecular weight excluding hydrogens is 336 g/mol. The van der Waals surface area contributed by atoms with Crippen molar-refractivity contribution < 1.29 is 19.1 Å². The summed E-state index contributed by atoms with van der Waals surface area (Å²) in [5.41, 5.74) is 0.902. The highest BCUT2D eigenvalue weighted by atomic mass is 16.5. The van der Waals surface area contributed by atoms with Gasteiger partial charge in [-0.15, -0.1) is 0 Å². The lowest BCUT2D eigenvalue weighted by Crippen LogP contribution is -2.39. The molecule has 26 heavy (non-hydrogen) atoms. The summed E-state index contributed by atoms with van der Waals surface area (Å²) in [6.07, 6.45) is 4.37. The van der Waals surface area contributed by atoms with Crippen molar-refractivity contribution in [3.63, 3.8) is 0 Å². The lowest BCUT2D eigenvalue weighted by atomic mass is 9.82. The van der Waals surface area contributed by atoms with Gasteiger partial charge in [0.05, 0.1) is 36.7 Å². The summed E-state index contributed by atoms with van der Waals surface area (Å²) in [5.74, 6) is -0.624. The molecule has 2 aromatic rings. The van der Waals surface area contributed by atoms with Crippen LogP contribution in [0.3, 0.4) is 0 Å². The standard InChI is InChI=1S/C18H14N4O4/c1-25-16(23)18(17(24)26-2)8-7-12-13(9-18)22-15(21-12)14-19-10-5-3-4-6-11(10)20-14/h3-9H,1-2H3,(H,19,20). The van der Waals surface area contributed by atoms with Crippen LogP contribution in [-0.4, -0.2) is 47.7 Å². The van der Waals surface area contributed by atoms with Crippen LogP contribution < -0.4 is 0 Å².